The standard InChI is InChI=1S/C22H30FN3O4/c1-22(2,3)30-21(28)25-8-7-15(19(27)13-25)16-11-18-14(10-17(16)23)12-24-26(18)20-6-4-5-9-29-20/h10-12,15,19-20,27H,4-9,13H2,1-3H3. The summed E-state index contributed by atoms with van der Waals surface area (Å²) in [6, 6.07) is 3.26. The third kappa shape index (κ3) is 4.30. The van der Waals surface area contributed by atoms with Gasteiger partial charge in [-0.25, -0.2) is 13.9 Å². The molecule has 30 heavy (non-hydrogen) atoms. The molecular weight excluding hydrogens is 389 g/mol. The number of ether oxygens (including phenoxy) is 2. The van der Waals surface area contributed by atoms with Crippen molar-refractivity contribution in [2.45, 2.75) is 70.3 Å². The van der Waals surface area contributed by atoms with Gasteiger partial charge >= 0.3 is 6.09 Å². The molecule has 0 bridgehead atoms. The van der Waals surface area contributed by atoms with E-state index in [9.17, 15) is 14.3 Å². The van der Waals surface area contributed by atoms with Crippen LogP contribution in [0.5, 0.6) is 0 Å². The third-order valence-electron chi connectivity index (χ3n) is 5.78. The molecule has 1 aromatic carbocycles. The van der Waals surface area contributed by atoms with Crippen molar-refractivity contribution in [3.63, 3.8) is 0 Å². The molecule has 0 saturated carbocycles. The highest BCUT2D eigenvalue weighted by molar-refractivity contribution is 5.80. The lowest BCUT2D eigenvalue weighted by molar-refractivity contribution is -0.0367. The van der Waals surface area contributed by atoms with Crippen LogP contribution in [-0.2, 0) is 9.47 Å². The van der Waals surface area contributed by atoms with Gasteiger partial charge in [-0.2, -0.15) is 5.10 Å². The van der Waals surface area contributed by atoms with E-state index in [0.29, 0.717) is 30.5 Å². The van der Waals surface area contributed by atoms with E-state index in [1.54, 1.807) is 33.0 Å². The molecule has 0 aliphatic carbocycles. The van der Waals surface area contributed by atoms with Crippen LogP contribution >= 0.6 is 0 Å². The number of piperidine rings is 1. The van der Waals surface area contributed by atoms with Crippen molar-refractivity contribution in [3.8, 4) is 0 Å². The number of halogens is 1. The van der Waals surface area contributed by atoms with Gasteiger partial charge in [0.2, 0.25) is 0 Å². The summed E-state index contributed by atoms with van der Waals surface area (Å²) in [5, 5.41) is 15.9. The Morgan fingerprint density at radius 3 is 2.77 bits per heavy atom. The molecule has 2 fully saturated rings. The van der Waals surface area contributed by atoms with Gasteiger partial charge in [0.1, 0.15) is 11.4 Å². The number of likely N-dealkylation sites (tertiary alicyclic amines) is 1. The molecule has 2 aromatic rings. The van der Waals surface area contributed by atoms with E-state index in [2.05, 4.69) is 5.10 Å². The lowest BCUT2D eigenvalue weighted by atomic mass is 9.86. The lowest BCUT2D eigenvalue weighted by Crippen LogP contribution is -2.47. The highest BCUT2D eigenvalue weighted by Gasteiger charge is 2.35. The second-order valence-corrected chi connectivity index (χ2v) is 9.23. The first-order valence-electron chi connectivity index (χ1n) is 10.7. The van der Waals surface area contributed by atoms with Crippen LogP contribution < -0.4 is 0 Å². The Balaban J connectivity index is 1.55. The minimum absolute atomic E-state index is 0.113. The number of fused-ring (bicyclic) bond motifs is 1. The zero-order valence-corrected chi connectivity index (χ0v) is 17.8. The minimum atomic E-state index is -0.875. The smallest absolute Gasteiger partial charge is 0.410 e. The second kappa shape index (κ2) is 8.15. The molecule has 7 nitrogen and oxygen atoms in total. The van der Waals surface area contributed by atoms with Crippen LogP contribution in [0.25, 0.3) is 10.9 Å². The van der Waals surface area contributed by atoms with Gasteiger partial charge in [0.15, 0.2) is 6.23 Å². The van der Waals surface area contributed by atoms with Crippen LogP contribution in [-0.4, -0.2) is 57.3 Å². The molecule has 0 spiro atoms. The normalized spacial score (nSPS) is 25.5. The van der Waals surface area contributed by atoms with Gasteiger partial charge < -0.3 is 19.5 Å². The average Bonchev–Trinajstić information content (AvgIpc) is 3.09. The number of benzene rings is 1. The maximum Gasteiger partial charge on any atom is 0.410 e. The molecule has 3 unspecified atom stereocenters. The summed E-state index contributed by atoms with van der Waals surface area (Å²) < 4.78 is 28.0. The number of amides is 1. The number of nitrogens with zero attached hydrogens (tertiary/aromatic N) is 3. The average molecular weight is 419 g/mol. The highest BCUT2D eigenvalue weighted by Crippen LogP contribution is 2.34. The van der Waals surface area contributed by atoms with E-state index in [4.69, 9.17) is 9.47 Å². The summed E-state index contributed by atoms with van der Waals surface area (Å²) in [7, 11) is 0. The van der Waals surface area contributed by atoms with Crippen molar-refractivity contribution in [1.29, 1.82) is 0 Å². The number of carbonyl (C=O) groups is 1. The molecule has 2 aliphatic heterocycles. The summed E-state index contributed by atoms with van der Waals surface area (Å²) in [6.07, 6.45) is 3.62. The van der Waals surface area contributed by atoms with Crippen LogP contribution in [0.4, 0.5) is 9.18 Å². The molecule has 4 rings (SSSR count). The molecule has 1 amide bonds. The number of β-amino-alcohol motifs (C(OH)–C–C–N with tert-alkyl or cyclic N) is 1. The van der Waals surface area contributed by atoms with Gasteiger partial charge in [-0.1, -0.05) is 0 Å². The predicted molar refractivity (Wildman–Crippen MR) is 110 cm³/mol. The van der Waals surface area contributed by atoms with E-state index in [-0.39, 0.29) is 18.6 Å². The number of aliphatic hydroxyl groups excluding tert-OH is 1. The Morgan fingerprint density at radius 1 is 1.30 bits per heavy atom. The third-order valence-corrected chi connectivity index (χ3v) is 5.78. The van der Waals surface area contributed by atoms with Crippen LogP contribution in [0.15, 0.2) is 18.3 Å². The fraction of sp³-hybridized carbons (Fsp3) is 0.636. The molecule has 1 aromatic heterocycles. The molecule has 1 N–H and O–H groups in total. The van der Waals surface area contributed by atoms with E-state index in [1.165, 1.54) is 11.0 Å². The van der Waals surface area contributed by atoms with Crippen molar-refractivity contribution in [3.05, 3.63) is 29.7 Å². The van der Waals surface area contributed by atoms with E-state index < -0.39 is 23.7 Å². The number of aliphatic hydroxyl groups is 1. The fourth-order valence-corrected chi connectivity index (χ4v) is 4.30. The second-order valence-electron chi connectivity index (χ2n) is 9.23. The molecule has 164 valence electrons. The Kier molecular flexibility index (Phi) is 5.72. The Hall–Kier alpha value is -2.19. The van der Waals surface area contributed by atoms with E-state index >= 15 is 0 Å². The minimum Gasteiger partial charge on any atom is -0.444 e. The Labute approximate surface area is 175 Å². The molecule has 0 radical (unpaired) electrons. The fourth-order valence-electron chi connectivity index (χ4n) is 4.30. The van der Waals surface area contributed by atoms with Crippen molar-refractivity contribution in [1.82, 2.24) is 14.7 Å². The van der Waals surface area contributed by atoms with E-state index in [1.807, 2.05) is 4.68 Å². The van der Waals surface area contributed by atoms with Crippen molar-refractivity contribution < 1.29 is 23.8 Å². The summed E-state index contributed by atoms with van der Waals surface area (Å²) >= 11 is 0. The first-order chi connectivity index (χ1) is 14.2. The molecule has 2 aliphatic rings. The monoisotopic (exact) mass is 419 g/mol. The van der Waals surface area contributed by atoms with Gasteiger partial charge in [0.05, 0.1) is 24.4 Å². The van der Waals surface area contributed by atoms with Crippen LogP contribution in [0, 0.1) is 5.82 Å². The number of aromatic nitrogens is 2. The SMILES string of the molecule is CC(C)(C)OC(=O)N1CCC(c2cc3c(cnn3C3CCCCO3)cc2F)C(O)C1. The molecule has 3 heterocycles. The highest BCUT2D eigenvalue weighted by atomic mass is 19.1. The van der Waals surface area contributed by atoms with E-state index in [0.717, 1.165) is 24.8 Å². The van der Waals surface area contributed by atoms with Crippen molar-refractivity contribution in [2.75, 3.05) is 19.7 Å². The number of carbonyl (C=O) groups excluding carboxylic acids is 1. The van der Waals surface area contributed by atoms with Gasteiger partial charge in [-0.3, -0.25) is 0 Å². The van der Waals surface area contributed by atoms with Crippen LogP contribution in [0.2, 0.25) is 0 Å². The Morgan fingerprint density at radius 2 is 2.10 bits per heavy atom. The van der Waals surface area contributed by atoms with Crippen LogP contribution in [0.1, 0.15) is 64.2 Å². The Bertz CT molecular complexity index is 917. The summed E-state index contributed by atoms with van der Waals surface area (Å²) in [5.41, 5.74) is 0.659. The van der Waals surface area contributed by atoms with Crippen molar-refractivity contribution >= 4 is 17.0 Å². The number of rotatable bonds is 2. The first-order valence-corrected chi connectivity index (χ1v) is 10.7. The molecule has 2 saturated heterocycles. The van der Waals surface area contributed by atoms with Gasteiger partial charge in [0, 0.05) is 24.5 Å². The van der Waals surface area contributed by atoms with Crippen molar-refractivity contribution in [2.24, 2.45) is 0 Å². The summed E-state index contributed by atoms with van der Waals surface area (Å²) in [6.45, 7) is 6.62. The van der Waals surface area contributed by atoms with Crippen LogP contribution in [0.3, 0.4) is 0 Å². The zero-order chi connectivity index (χ0) is 21.5. The summed E-state index contributed by atoms with van der Waals surface area (Å²) in [5.74, 6) is -0.759. The zero-order valence-electron chi connectivity index (χ0n) is 17.8. The van der Waals surface area contributed by atoms with Gasteiger partial charge in [-0.05, 0) is 64.2 Å². The predicted octanol–water partition coefficient (Wildman–Crippen LogP) is 3.96. The largest absolute Gasteiger partial charge is 0.444 e. The maximum absolute atomic E-state index is 14.9. The molecular formula is C22H30FN3O4. The first kappa shape index (κ1) is 21.1. The number of hydrogen-bond donors (Lipinski definition) is 1. The molecule has 8 heteroatoms. The quantitative estimate of drug-likeness (QED) is 0.797. The summed E-state index contributed by atoms with van der Waals surface area (Å²) in [4.78, 5) is 13.8. The lowest BCUT2D eigenvalue weighted by Gasteiger charge is -2.37. The number of hydrogen-bond acceptors (Lipinski definition) is 5. The molecule has 3 atom stereocenters. The topological polar surface area (TPSA) is 76.8 Å². The maximum atomic E-state index is 14.9. The van der Waals surface area contributed by atoms with Gasteiger partial charge in [0.25, 0.3) is 0 Å². The van der Waals surface area contributed by atoms with Gasteiger partial charge in [-0.15, -0.1) is 0 Å².